The second-order valence-corrected chi connectivity index (χ2v) is 5.12. The van der Waals surface area contributed by atoms with Crippen molar-refractivity contribution in [3.63, 3.8) is 0 Å². The Kier molecular flexibility index (Phi) is 5.73. The summed E-state index contributed by atoms with van der Waals surface area (Å²) in [6.45, 7) is 6.00. The van der Waals surface area contributed by atoms with E-state index < -0.39 is 0 Å². The first-order chi connectivity index (χ1) is 9.80. The number of aryl methyl sites for hydroxylation is 1. The van der Waals surface area contributed by atoms with Crippen LogP contribution in [0, 0.1) is 0 Å². The zero-order valence-electron chi connectivity index (χ0n) is 12.5. The van der Waals surface area contributed by atoms with Crippen molar-refractivity contribution in [1.29, 1.82) is 0 Å². The lowest BCUT2D eigenvalue weighted by Gasteiger charge is -2.23. The maximum absolute atomic E-state index is 5.88. The largest absolute Gasteiger partial charge is 0.474 e. The number of hydrogen-bond acceptors (Lipinski definition) is 5. The highest BCUT2D eigenvalue weighted by Crippen LogP contribution is 2.23. The van der Waals surface area contributed by atoms with Crippen molar-refractivity contribution >= 4 is 0 Å². The first-order valence-electron chi connectivity index (χ1n) is 7.61. The summed E-state index contributed by atoms with van der Waals surface area (Å²) in [6, 6.07) is 0. The van der Waals surface area contributed by atoms with E-state index in [0.717, 1.165) is 43.5 Å². The lowest BCUT2D eigenvalue weighted by atomic mass is 10.0. The summed E-state index contributed by atoms with van der Waals surface area (Å²) in [7, 11) is 0. The van der Waals surface area contributed by atoms with Gasteiger partial charge in [-0.3, -0.25) is 0 Å². The molecule has 1 fully saturated rings. The zero-order valence-corrected chi connectivity index (χ0v) is 12.5. The first-order valence-corrected chi connectivity index (χ1v) is 7.61. The standard InChI is InChI=1S/C15H25N3O2/c1-3-12-13(9-16)15(18-17-14(12)4-2)20-10-11-7-5-6-8-19-11/h11H,3-10,16H2,1-2H3. The van der Waals surface area contributed by atoms with Crippen LogP contribution in [0.5, 0.6) is 5.88 Å². The Hall–Kier alpha value is -1.20. The quantitative estimate of drug-likeness (QED) is 0.862. The molecule has 2 N–H and O–H groups in total. The van der Waals surface area contributed by atoms with Crippen LogP contribution in [0.15, 0.2) is 0 Å². The summed E-state index contributed by atoms with van der Waals surface area (Å²) in [5, 5.41) is 8.47. The lowest BCUT2D eigenvalue weighted by Crippen LogP contribution is -2.26. The van der Waals surface area contributed by atoms with Gasteiger partial charge in [0.1, 0.15) is 6.61 Å². The Labute approximate surface area is 120 Å². The molecule has 0 spiro atoms. The van der Waals surface area contributed by atoms with Gasteiger partial charge in [-0.2, -0.15) is 5.10 Å². The van der Waals surface area contributed by atoms with Crippen molar-refractivity contribution in [2.24, 2.45) is 5.73 Å². The van der Waals surface area contributed by atoms with Crippen LogP contribution in [-0.4, -0.2) is 29.5 Å². The predicted octanol–water partition coefficient (Wildman–Crippen LogP) is 2.01. The van der Waals surface area contributed by atoms with Crippen LogP contribution in [0.25, 0.3) is 0 Å². The van der Waals surface area contributed by atoms with E-state index in [1.54, 1.807) is 0 Å². The van der Waals surface area contributed by atoms with Crippen molar-refractivity contribution < 1.29 is 9.47 Å². The third-order valence-electron chi connectivity index (χ3n) is 3.80. The topological polar surface area (TPSA) is 70.3 Å². The average Bonchev–Trinajstić information content (AvgIpc) is 2.52. The number of rotatable bonds is 6. The minimum atomic E-state index is 0.173. The molecule has 5 nitrogen and oxygen atoms in total. The summed E-state index contributed by atoms with van der Waals surface area (Å²) in [5.74, 6) is 0.579. The van der Waals surface area contributed by atoms with E-state index in [-0.39, 0.29) is 6.10 Å². The van der Waals surface area contributed by atoms with E-state index in [1.807, 2.05) is 0 Å². The van der Waals surface area contributed by atoms with Crippen molar-refractivity contribution in [3.8, 4) is 5.88 Å². The van der Waals surface area contributed by atoms with E-state index in [1.165, 1.54) is 12.0 Å². The van der Waals surface area contributed by atoms with Crippen LogP contribution in [0.3, 0.4) is 0 Å². The summed E-state index contributed by atoms with van der Waals surface area (Å²) in [4.78, 5) is 0. The van der Waals surface area contributed by atoms with E-state index in [9.17, 15) is 0 Å². The van der Waals surface area contributed by atoms with Crippen molar-refractivity contribution in [1.82, 2.24) is 10.2 Å². The monoisotopic (exact) mass is 279 g/mol. The predicted molar refractivity (Wildman–Crippen MR) is 77.8 cm³/mol. The van der Waals surface area contributed by atoms with Crippen LogP contribution in [0.4, 0.5) is 0 Å². The second kappa shape index (κ2) is 7.55. The molecule has 1 aliphatic heterocycles. The summed E-state index contributed by atoms with van der Waals surface area (Å²) in [5.41, 5.74) is 9.08. The molecule has 0 amide bonds. The van der Waals surface area contributed by atoms with Crippen LogP contribution in [0.1, 0.15) is 49.9 Å². The minimum Gasteiger partial charge on any atom is -0.474 e. The highest BCUT2D eigenvalue weighted by atomic mass is 16.5. The van der Waals surface area contributed by atoms with Gasteiger partial charge in [0.05, 0.1) is 11.8 Å². The van der Waals surface area contributed by atoms with Gasteiger partial charge in [-0.05, 0) is 37.7 Å². The molecular weight excluding hydrogens is 254 g/mol. The van der Waals surface area contributed by atoms with Gasteiger partial charge in [0, 0.05) is 18.7 Å². The maximum atomic E-state index is 5.88. The van der Waals surface area contributed by atoms with Gasteiger partial charge in [0.25, 0.3) is 0 Å². The molecule has 0 bridgehead atoms. The Morgan fingerprint density at radius 3 is 2.65 bits per heavy atom. The van der Waals surface area contributed by atoms with Crippen LogP contribution in [0.2, 0.25) is 0 Å². The smallest absolute Gasteiger partial charge is 0.238 e. The molecule has 0 aliphatic carbocycles. The normalized spacial score (nSPS) is 19.1. The van der Waals surface area contributed by atoms with Crippen molar-refractivity contribution in [2.45, 2.75) is 58.6 Å². The van der Waals surface area contributed by atoms with Gasteiger partial charge in [-0.25, -0.2) is 0 Å². The molecule has 1 aromatic heterocycles. The lowest BCUT2D eigenvalue weighted by molar-refractivity contribution is -0.0123. The molecule has 5 heteroatoms. The van der Waals surface area contributed by atoms with Gasteiger partial charge < -0.3 is 15.2 Å². The molecule has 1 aliphatic rings. The highest BCUT2D eigenvalue weighted by Gasteiger charge is 2.18. The Bertz CT molecular complexity index is 431. The van der Waals surface area contributed by atoms with Crippen LogP contribution < -0.4 is 10.5 Å². The third-order valence-corrected chi connectivity index (χ3v) is 3.80. The molecule has 1 saturated heterocycles. The number of nitrogens with two attached hydrogens (primary N) is 1. The molecule has 112 valence electrons. The molecule has 2 heterocycles. The third kappa shape index (κ3) is 3.46. The summed E-state index contributed by atoms with van der Waals surface area (Å²) < 4.78 is 11.5. The zero-order chi connectivity index (χ0) is 14.4. The average molecular weight is 279 g/mol. The fourth-order valence-electron chi connectivity index (χ4n) is 2.67. The van der Waals surface area contributed by atoms with Gasteiger partial charge in [0.2, 0.25) is 5.88 Å². The SMILES string of the molecule is CCc1nnc(OCC2CCCCO2)c(CN)c1CC. The van der Waals surface area contributed by atoms with E-state index in [2.05, 4.69) is 24.0 Å². The van der Waals surface area contributed by atoms with Gasteiger partial charge >= 0.3 is 0 Å². The Morgan fingerprint density at radius 1 is 1.20 bits per heavy atom. The Balaban J connectivity index is 2.10. The Morgan fingerprint density at radius 2 is 2.05 bits per heavy atom. The molecule has 20 heavy (non-hydrogen) atoms. The number of hydrogen-bond donors (Lipinski definition) is 1. The van der Waals surface area contributed by atoms with Gasteiger partial charge in [-0.15, -0.1) is 5.10 Å². The molecule has 1 unspecified atom stereocenters. The molecule has 1 atom stereocenters. The molecular formula is C15H25N3O2. The summed E-state index contributed by atoms with van der Waals surface area (Å²) in [6.07, 6.45) is 5.36. The highest BCUT2D eigenvalue weighted by molar-refractivity contribution is 5.36. The molecule has 1 aromatic rings. The fourth-order valence-corrected chi connectivity index (χ4v) is 2.67. The van der Waals surface area contributed by atoms with E-state index in [0.29, 0.717) is 19.0 Å². The second-order valence-electron chi connectivity index (χ2n) is 5.12. The minimum absolute atomic E-state index is 0.173. The van der Waals surface area contributed by atoms with Crippen molar-refractivity contribution in [2.75, 3.05) is 13.2 Å². The molecule has 0 aromatic carbocycles. The van der Waals surface area contributed by atoms with Gasteiger partial charge in [-0.1, -0.05) is 13.8 Å². The number of nitrogens with zero attached hydrogens (tertiary/aromatic N) is 2. The van der Waals surface area contributed by atoms with Gasteiger partial charge in [0.15, 0.2) is 0 Å². The van der Waals surface area contributed by atoms with E-state index >= 15 is 0 Å². The molecule has 0 saturated carbocycles. The molecule has 2 rings (SSSR count). The fraction of sp³-hybridized carbons (Fsp3) is 0.733. The molecule has 0 radical (unpaired) electrons. The number of aromatic nitrogens is 2. The number of ether oxygens (including phenoxy) is 2. The van der Waals surface area contributed by atoms with Crippen LogP contribution in [-0.2, 0) is 24.1 Å². The maximum Gasteiger partial charge on any atom is 0.238 e. The first kappa shape index (κ1) is 15.2. The summed E-state index contributed by atoms with van der Waals surface area (Å²) >= 11 is 0. The van der Waals surface area contributed by atoms with Crippen molar-refractivity contribution in [3.05, 3.63) is 16.8 Å². The van der Waals surface area contributed by atoms with Crippen LogP contribution >= 0.6 is 0 Å². The van der Waals surface area contributed by atoms with E-state index in [4.69, 9.17) is 15.2 Å².